The highest BCUT2D eigenvalue weighted by Gasteiger charge is 2.15. The molecule has 0 bridgehead atoms. The zero-order valence-electron chi connectivity index (χ0n) is 25.3. The molecule has 0 saturated carbocycles. The van der Waals surface area contributed by atoms with Gasteiger partial charge >= 0.3 is 17.9 Å². The minimum absolute atomic E-state index is 0.148. The summed E-state index contributed by atoms with van der Waals surface area (Å²) in [6, 6.07) is 3.34. The third-order valence-electron chi connectivity index (χ3n) is 6.74. The summed E-state index contributed by atoms with van der Waals surface area (Å²) in [5.41, 5.74) is 8.21. The molecule has 0 saturated heterocycles. The molecule has 0 amide bonds. The Morgan fingerprint density at radius 3 is 1.65 bits per heavy atom. The number of nitrogen functional groups attached to an aromatic ring is 1. The van der Waals surface area contributed by atoms with Crippen LogP contribution >= 0.6 is 0 Å². The normalized spacial score (nSPS) is 10.2. The quantitative estimate of drug-likeness (QED) is 0.0528. The van der Waals surface area contributed by atoms with E-state index in [1.807, 2.05) is 13.8 Å². The van der Waals surface area contributed by atoms with E-state index in [1.165, 1.54) is 89.7 Å². The van der Waals surface area contributed by atoms with Crippen LogP contribution in [-0.4, -0.2) is 24.5 Å². The molecule has 0 spiro atoms. The second-order valence-corrected chi connectivity index (χ2v) is 10.1. The lowest BCUT2D eigenvalue weighted by atomic mass is 10.0. The monoisotopic (exact) mass is 559 g/mol. The number of anilines is 1. The Labute approximate surface area is 242 Å². The van der Waals surface area contributed by atoms with E-state index >= 15 is 0 Å². The van der Waals surface area contributed by atoms with Crippen molar-refractivity contribution in [3.05, 3.63) is 54.5 Å². The summed E-state index contributed by atoms with van der Waals surface area (Å²) < 4.78 is 13.9. The summed E-state index contributed by atoms with van der Waals surface area (Å²) in [4.78, 5) is 33.8. The van der Waals surface area contributed by atoms with Crippen molar-refractivity contribution in [2.24, 2.45) is 0 Å². The van der Waals surface area contributed by atoms with Gasteiger partial charge in [0, 0.05) is 12.1 Å². The van der Waals surface area contributed by atoms with E-state index in [2.05, 4.69) is 29.6 Å². The minimum Gasteiger partial charge on any atom is -0.450 e. The molecule has 7 heteroatoms. The molecule has 40 heavy (non-hydrogen) atoms. The highest BCUT2D eigenvalue weighted by atomic mass is 16.6. The van der Waals surface area contributed by atoms with Crippen LogP contribution in [-0.2, 0) is 23.8 Å². The Morgan fingerprint density at radius 1 is 0.725 bits per heavy atom. The first-order valence-electron chi connectivity index (χ1n) is 14.9. The number of esters is 3. The predicted octanol–water partition coefficient (Wildman–Crippen LogP) is 8.66. The highest BCUT2D eigenvalue weighted by molar-refractivity contribution is 5.96. The van der Waals surface area contributed by atoms with Gasteiger partial charge in [0.05, 0.1) is 18.1 Å². The van der Waals surface area contributed by atoms with Crippen LogP contribution in [0.1, 0.15) is 131 Å². The van der Waals surface area contributed by atoms with E-state index in [0.29, 0.717) is 12.1 Å². The van der Waals surface area contributed by atoms with Gasteiger partial charge in [-0.1, -0.05) is 116 Å². The van der Waals surface area contributed by atoms with Crippen molar-refractivity contribution in [2.45, 2.75) is 124 Å². The minimum atomic E-state index is -0.694. The molecule has 0 aliphatic rings. The van der Waals surface area contributed by atoms with E-state index in [-0.39, 0.29) is 11.5 Å². The molecule has 2 N–H and O–H groups in total. The SMILES string of the molecule is C=COC(=O)CCCCCCCCCCCCCCCCC.C=COC(=O)COC(=O)c1ccc(C)c(C)c1N. The number of hydrogen-bond acceptors (Lipinski definition) is 7. The lowest BCUT2D eigenvalue weighted by Gasteiger charge is -2.10. The van der Waals surface area contributed by atoms with E-state index in [4.69, 9.17) is 10.5 Å². The third kappa shape index (κ3) is 19.0. The third-order valence-corrected chi connectivity index (χ3v) is 6.74. The van der Waals surface area contributed by atoms with Crippen LogP contribution in [0.5, 0.6) is 0 Å². The van der Waals surface area contributed by atoms with Gasteiger partial charge in [-0.25, -0.2) is 9.59 Å². The molecular weight excluding hydrogens is 506 g/mol. The van der Waals surface area contributed by atoms with E-state index in [0.717, 1.165) is 30.2 Å². The molecule has 0 aliphatic carbocycles. The van der Waals surface area contributed by atoms with Gasteiger partial charge in [-0.05, 0) is 37.5 Å². The van der Waals surface area contributed by atoms with Crippen molar-refractivity contribution >= 4 is 23.6 Å². The van der Waals surface area contributed by atoms with Gasteiger partial charge in [-0.15, -0.1) is 0 Å². The molecule has 0 atom stereocenters. The summed E-state index contributed by atoms with van der Waals surface area (Å²) in [6.07, 6.45) is 22.9. The van der Waals surface area contributed by atoms with E-state index in [9.17, 15) is 14.4 Å². The van der Waals surface area contributed by atoms with E-state index in [1.54, 1.807) is 12.1 Å². The van der Waals surface area contributed by atoms with Crippen LogP contribution < -0.4 is 5.73 Å². The van der Waals surface area contributed by atoms with Crippen LogP contribution in [0.25, 0.3) is 0 Å². The van der Waals surface area contributed by atoms with Crippen molar-refractivity contribution in [3.8, 4) is 0 Å². The lowest BCUT2D eigenvalue weighted by Crippen LogP contribution is -2.16. The number of aryl methyl sites for hydroxylation is 1. The van der Waals surface area contributed by atoms with Crippen LogP contribution in [0.3, 0.4) is 0 Å². The zero-order chi connectivity index (χ0) is 30.0. The van der Waals surface area contributed by atoms with Crippen molar-refractivity contribution in [1.29, 1.82) is 0 Å². The van der Waals surface area contributed by atoms with Crippen LogP contribution in [0.4, 0.5) is 5.69 Å². The average Bonchev–Trinajstić information content (AvgIpc) is 2.93. The summed E-state index contributed by atoms with van der Waals surface area (Å²) in [7, 11) is 0. The fourth-order valence-electron chi connectivity index (χ4n) is 4.14. The number of ether oxygens (including phenoxy) is 3. The molecule has 1 rings (SSSR count). The van der Waals surface area contributed by atoms with Gasteiger partial charge in [-0.3, -0.25) is 4.79 Å². The first-order chi connectivity index (χ1) is 19.3. The molecule has 1 aromatic rings. The second-order valence-electron chi connectivity index (χ2n) is 10.1. The van der Waals surface area contributed by atoms with Gasteiger partial charge in [0.15, 0.2) is 6.61 Å². The number of unbranched alkanes of at least 4 members (excludes halogenated alkanes) is 14. The maximum Gasteiger partial charge on any atom is 0.349 e. The molecule has 0 fully saturated rings. The van der Waals surface area contributed by atoms with Crippen LogP contribution in [0.15, 0.2) is 37.8 Å². The number of benzene rings is 1. The van der Waals surface area contributed by atoms with Gasteiger partial charge in [0.1, 0.15) is 0 Å². The Bertz CT molecular complexity index is 880. The fraction of sp³-hybridized carbons (Fsp3) is 0.606. The van der Waals surface area contributed by atoms with Crippen molar-refractivity contribution in [2.75, 3.05) is 12.3 Å². The van der Waals surface area contributed by atoms with Crippen molar-refractivity contribution in [3.63, 3.8) is 0 Å². The highest BCUT2D eigenvalue weighted by Crippen LogP contribution is 2.21. The maximum absolute atomic E-state index is 11.7. The first kappa shape index (κ1) is 36.9. The van der Waals surface area contributed by atoms with Gasteiger partial charge in [0.25, 0.3) is 0 Å². The van der Waals surface area contributed by atoms with Crippen molar-refractivity contribution in [1.82, 2.24) is 0 Å². The van der Waals surface area contributed by atoms with E-state index < -0.39 is 18.5 Å². The average molecular weight is 560 g/mol. The van der Waals surface area contributed by atoms with Crippen LogP contribution in [0, 0.1) is 13.8 Å². The molecule has 226 valence electrons. The summed E-state index contributed by atoms with van der Waals surface area (Å²) in [5, 5.41) is 0. The lowest BCUT2D eigenvalue weighted by molar-refractivity contribution is -0.141. The van der Waals surface area contributed by atoms with Crippen LogP contribution in [0.2, 0.25) is 0 Å². The largest absolute Gasteiger partial charge is 0.450 e. The molecule has 1 aromatic carbocycles. The summed E-state index contributed by atoms with van der Waals surface area (Å²) >= 11 is 0. The first-order valence-corrected chi connectivity index (χ1v) is 14.9. The molecular formula is C33H53NO6. The number of nitrogens with two attached hydrogens (primary N) is 1. The summed E-state index contributed by atoms with van der Waals surface area (Å²) in [6.45, 7) is 12.1. The number of carbonyl (C=O) groups excluding carboxylic acids is 3. The molecule has 0 aromatic heterocycles. The van der Waals surface area contributed by atoms with Crippen molar-refractivity contribution < 1.29 is 28.6 Å². The summed E-state index contributed by atoms with van der Waals surface area (Å²) in [5.74, 6) is -1.50. The Morgan fingerprint density at radius 2 is 1.18 bits per heavy atom. The van der Waals surface area contributed by atoms with Gasteiger partial charge < -0.3 is 19.9 Å². The zero-order valence-corrected chi connectivity index (χ0v) is 25.3. The smallest absolute Gasteiger partial charge is 0.349 e. The van der Waals surface area contributed by atoms with Gasteiger partial charge in [-0.2, -0.15) is 0 Å². The second kappa shape index (κ2) is 24.9. The maximum atomic E-state index is 11.7. The molecule has 0 aliphatic heterocycles. The number of carbonyl (C=O) groups is 3. The number of rotatable bonds is 21. The van der Waals surface area contributed by atoms with Gasteiger partial charge in [0.2, 0.25) is 0 Å². The predicted molar refractivity (Wildman–Crippen MR) is 163 cm³/mol. The Hall–Kier alpha value is -3.09. The topological polar surface area (TPSA) is 105 Å². The number of hydrogen-bond donors (Lipinski definition) is 1. The standard InChI is InChI=1S/C20H38O2.C13H15NO4/c1-3-5-6-7-8-9-10-11-12-13-14-15-16-17-18-19-20(21)22-4-2;1-4-17-11(15)7-18-13(16)10-6-5-8(2)9(3)12(10)14/h4H,2-3,5-19H2,1H3;4-6H,1,7,14H2,2-3H3. The Kier molecular flexibility index (Phi) is 23.0. The molecule has 7 nitrogen and oxygen atoms in total. The fourth-order valence-corrected chi connectivity index (χ4v) is 4.14. The molecule has 0 unspecified atom stereocenters. The molecule has 0 radical (unpaired) electrons. The molecule has 0 heterocycles. The Balaban J connectivity index is 0.000000774.